The number of hydrogen-bond donors (Lipinski definition) is 2. The predicted octanol–water partition coefficient (Wildman–Crippen LogP) is 0.895. The van der Waals surface area contributed by atoms with Gasteiger partial charge in [0.05, 0.1) is 10.3 Å². The van der Waals surface area contributed by atoms with Crippen LogP contribution in [0.1, 0.15) is 50.5 Å². The number of carboxylic acids is 1. The van der Waals surface area contributed by atoms with Gasteiger partial charge in [-0.1, -0.05) is 12.1 Å². The lowest BCUT2D eigenvalue weighted by Gasteiger charge is -2.55. The maximum atomic E-state index is 12.9. The minimum Gasteiger partial charge on any atom is -0.550 e. The molecule has 152 valence electrons. The number of nitrogens with one attached hydrogen (secondary N) is 2. The Labute approximate surface area is 164 Å². The van der Waals surface area contributed by atoms with Gasteiger partial charge in [-0.3, -0.25) is 10.2 Å². The molecule has 0 unspecified atom stereocenters. The van der Waals surface area contributed by atoms with Crippen LogP contribution < -0.4 is 15.4 Å². The largest absolute Gasteiger partial charge is 0.550 e. The van der Waals surface area contributed by atoms with Gasteiger partial charge in [0.15, 0.2) is 0 Å². The monoisotopic (exact) mass is 405 g/mol. The molecular weight excluding hydrogens is 380 g/mol. The molecule has 1 amide bonds. The number of aryl methyl sites for hydroxylation is 1. The Hall–Kier alpha value is -1.93. The fraction of sp³-hybridized carbons (Fsp3) is 0.600. The third kappa shape index (κ3) is 3.80. The normalized spacial score (nSPS) is 30.9. The van der Waals surface area contributed by atoms with Crippen molar-refractivity contribution < 1.29 is 23.1 Å². The Kier molecular flexibility index (Phi) is 4.95. The summed E-state index contributed by atoms with van der Waals surface area (Å²) >= 11 is 0. The Morgan fingerprint density at radius 2 is 1.54 bits per heavy atom. The molecule has 0 spiro atoms. The third-order valence-corrected chi connectivity index (χ3v) is 7.93. The van der Waals surface area contributed by atoms with Crippen molar-refractivity contribution in [1.29, 1.82) is 0 Å². The average Bonchev–Trinajstić information content (AvgIpc) is 2.63. The van der Waals surface area contributed by atoms with E-state index in [0.717, 1.165) is 19.3 Å². The van der Waals surface area contributed by atoms with E-state index in [1.165, 1.54) is 31.4 Å². The number of aliphatic carboxylic acids is 1. The van der Waals surface area contributed by atoms with E-state index in [9.17, 15) is 23.1 Å². The highest BCUT2D eigenvalue weighted by Crippen LogP contribution is 2.60. The van der Waals surface area contributed by atoms with Gasteiger partial charge in [-0.2, -0.15) is 0 Å². The quantitative estimate of drug-likeness (QED) is 0.654. The van der Waals surface area contributed by atoms with Crippen molar-refractivity contribution in [3.63, 3.8) is 0 Å². The van der Waals surface area contributed by atoms with Gasteiger partial charge in [-0.15, -0.1) is 4.83 Å². The Morgan fingerprint density at radius 3 is 2.04 bits per heavy atom. The first-order valence-corrected chi connectivity index (χ1v) is 11.4. The van der Waals surface area contributed by atoms with Crippen LogP contribution in [0.15, 0.2) is 29.2 Å². The summed E-state index contributed by atoms with van der Waals surface area (Å²) in [6, 6.07) is 5.95. The summed E-state index contributed by atoms with van der Waals surface area (Å²) in [5, 5.41) is 10.5. The highest BCUT2D eigenvalue weighted by atomic mass is 32.2. The van der Waals surface area contributed by atoms with Crippen molar-refractivity contribution in [1.82, 2.24) is 10.3 Å². The first kappa shape index (κ1) is 19.4. The van der Waals surface area contributed by atoms with Gasteiger partial charge in [0.1, 0.15) is 0 Å². The minimum atomic E-state index is -3.89. The van der Waals surface area contributed by atoms with Crippen molar-refractivity contribution in [2.24, 2.45) is 23.2 Å². The van der Waals surface area contributed by atoms with Crippen molar-refractivity contribution in [3.8, 4) is 0 Å². The number of hydrazine groups is 1. The van der Waals surface area contributed by atoms with E-state index in [2.05, 4.69) is 10.3 Å². The van der Waals surface area contributed by atoms with Crippen molar-refractivity contribution in [2.45, 2.75) is 56.3 Å². The fourth-order valence-corrected chi connectivity index (χ4v) is 6.61. The molecule has 0 radical (unpaired) electrons. The first-order valence-electron chi connectivity index (χ1n) is 9.87. The number of carbonyl (C=O) groups excluding carboxylic acids is 2. The number of carbonyl (C=O) groups is 2. The Bertz CT molecular complexity index is 843. The summed E-state index contributed by atoms with van der Waals surface area (Å²) in [6.45, 7) is 0. The van der Waals surface area contributed by atoms with Crippen LogP contribution in [0, 0.1) is 23.2 Å². The molecule has 0 saturated heterocycles. The van der Waals surface area contributed by atoms with Crippen LogP contribution in [0.3, 0.4) is 0 Å². The van der Waals surface area contributed by atoms with Crippen LogP contribution in [0.4, 0.5) is 0 Å². The van der Waals surface area contributed by atoms with Gasteiger partial charge in [0.25, 0.3) is 10.0 Å². The van der Waals surface area contributed by atoms with Crippen LogP contribution in [0.25, 0.3) is 0 Å². The number of rotatable bonds is 7. The Morgan fingerprint density at radius 1 is 1.00 bits per heavy atom. The lowest BCUT2D eigenvalue weighted by atomic mass is 9.49. The highest BCUT2D eigenvalue weighted by Gasteiger charge is 2.54. The first-order chi connectivity index (χ1) is 13.3. The molecule has 0 aromatic heterocycles. The van der Waals surface area contributed by atoms with Crippen LogP contribution in [0.2, 0.25) is 0 Å². The topological polar surface area (TPSA) is 115 Å². The number of benzene rings is 1. The molecule has 1 aromatic rings. The summed E-state index contributed by atoms with van der Waals surface area (Å²) < 4.78 is 25.0. The second kappa shape index (κ2) is 7.15. The number of amides is 1. The maximum absolute atomic E-state index is 12.9. The smallest absolute Gasteiger partial charge is 0.257 e. The Balaban J connectivity index is 1.38. The van der Waals surface area contributed by atoms with Crippen LogP contribution in [0.5, 0.6) is 0 Å². The molecule has 4 fully saturated rings. The van der Waals surface area contributed by atoms with Gasteiger partial charge in [-0.25, -0.2) is 8.42 Å². The lowest BCUT2D eigenvalue weighted by molar-refractivity contribution is -0.305. The molecule has 28 heavy (non-hydrogen) atoms. The van der Waals surface area contributed by atoms with Gasteiger partial charge >= 0.3 is 0 Å². The molecule has 4 bridgehead atoms. The molecule has 4 aliphatic rings. The average molecular weight is 405 g/mol. The molecule has 0 aliphatic heterocycles. The van der Waals surface area contributed by atoms with Crippen LogP contribution in [-0.4, -0.2) is 20.3 Å². The van der Waals surface area contributed by atoms with Crippen molar-refractivity contribution in [3.05, 3.63) is 29.8 Å². The molecule has 2 N–H and O–H groups in total. The number of sulfonamides is 1. The molecule has 4 aliphatic carbocycles. The molecule has 7 nitrogen and oxygen atoms in total. The standard InChI is InChI=1S/C20H26N2O5S/c23-18(24)6-3-13-1-4-17(5-2-13)28(26,27)22-21-19(25)20-10-14-7-15(11-20)9-16(8-14)12-20/h1-2,4-5,14-16,22H,3,6-12H2,(H,21,25)(H,23,24)/p-1. The van der Waals surface area contributed by atoms with E-state index >= 15 is 0 Å². The van der Waals surface area contributed by atoms with Crippen molar-refractivity contribution in [2.75, 3.05) is 0 Å². The summed E-state index contributed by atoms with van der Waals surface area (Å²) in [7, 11) is -3.89. The molecule has 0 atom stereocenters. The predicted molar refractivity (Wildman–Crippen MR) is 98.8 cm³/mol. The molecule has 0 heterocycles. The zero-order chi connectivity index (χ0) is 19.9. The van der Waals surface area contributed by atoms with E-state index in [1.54, 1.807) is 12.1 Å². The molecular formula is C20H25N2O5S-. The van der Waals surface area contributed by atoms with Gasteiger partial charge < -0.3 is 9.90 Å². The number of carboxylic acid groups (broad SMARTS) is 1. The van der Waals surface area contributed by atoms with Crippen LogP contribution >= 0.6 is 0 Å². The second-order valence-corrected chi connectivity index (χ2v) is 10.5. The summed E-state index contributed by atoms with van der Waals surface area (Å²) in [5.41, 5.74) is 2.75. The van der Waals surface area contributed by atoms with E-state index < -0.39 is 21.4 Å². The molecule has 4 saturated carbocycles. The lowest BCUT2D eigenvalue weighted by Crippen LogP contribution is -2.56. The summed E-state index contributed by atoms with van der Waals surface area (Å²) in [4.78, 5) is 25.7. The summed E-state index contributed by atoms with van der Waals surface area (Å²) in [6.07, 6.45) is 6.37. The second-order valence-electron chi connectivity index (χ2n) is 8.77. The van der Waals surface area contributed by atoms with Gasteiger partial charge in [0.2, 0.25) is 5.91 Å². The van der Waals surface area contributed by atoms with E-state index in [4.69, 9.17) is 0 Å². The van der Waals surface area contributed by atoms with Gasteiger partial charge in [0, 0.05) is 5.97 Å². The molecule has 1 aromatic carbocycles. The van der Waals surface area contributed by atoms with Crippen LogP contribution in [-0.2, 0) is 26.0 Å². The van der Waals surface area contributed by atoms with E-state index in [-0.39, 0.29) is 23.6 Å². The third-order valence-electron chi connectivity index (χ3n) is 6.67. The van der Waals surface area contributed by atoms with E-state index in [0.29, 0.717) is 23.3 Å². The maximum Gasteiger partial charge on any atom is 0.257 e. The zero-order valence-corrected chi connectivity index (χ0v) is 16.5. The van der Waals surface area contributed by atoms with Gasteiger partial charge in [-0.05, 0) is 86.8 Å². The minimum absolute atomic E-state index is 0.0236. The molecule has 5 rings (SSSR count). The molecule has 8 heteroatoms. The zero-order valence-electron chi connectivity index (χ0n) is 15.6. The highest BCUT2D eigenvalue weighted by molar-refractivity contribution is 7.89. The number of hydrogen-bond acceptors (Lipinski definition) is 5. The van der Waals surface area contributed by atoms with E-state index in [1.807, 2.05) is 0 Å². The van der Waals surface area contributed by atoms with Crippen molar-refractivity contribution >= 4 is 21.9 Å². The summed E-state index contributed by atoms with van der Waals surface area (Å²) in [5.74, 6) is 0.443. The fourth-order valence-electron chi connectivity index (χ4n) is 5.78. The SMILES string of the molecule is O=C([O-])CCc1ccc(S(=O)(=O)NNC(=O)C23CC4CC(CC(C4)C2)C3)cc1.